The van der Waals surface area contributed by atoms with Crippen LogP contribution < -0.4 is 5.01 Å². The van der Waals surface area contributed by atoms with Gasteiger partial charge in [0.1, 0.15) is 6.67 Å². The fraction of sp³-hybridized carbons (Fsp3) is 0.500. The van der Waals surface area contributed by atoms with Crippen molar-refractivity contribution in [2.45, 2.75) is 0 Å². The Labute approximate surface area is 88.3 Å². The summed E-state index contributed by atoms with van der Waals surface area (Å²) in [6.45, 7) is 4.21. The lowest BCUT2D eigenvalue weighted by Gasteiger charge is -2.38. The molecule has 1 aromatic rings. The van der Waals surface area contributed by atoms with E-state index < -0.39 is 0 Å². The van der Waals surface area contributed by atoms with Crippen molar-refractivity contribution in [2.24, 2.45) is 4.99 Å². The Morgan fingerprint density at radius 2 is 2.20 bits per heavy atom. The van der Waals surface area contributed by atoms with Crippen molar-refractivity contribution in [3.63, 3.8) is 0 Å². The third-order valence-electron chi connectivity index (χ3n) is 2.80. The summed E-state index contributed by atoms with van der Waals surface area (Å²) in [5, 5.41) is 4.51. The van der Waals surface area contributed by atoms with Crippen LogP contribution in [0.25, 0.3) is 0 Å². The molecule has 1 aromatic heterocycles. The summed E-state index contributed by atoms with van der Waals surface area (Å²) < 4.78 is 5.35. The van der Waals surface area contributed by atoms with Crippen molar-refractivity contribution in [3.8, 4) is 0 Å². The normalized spacial score (nSPS) is 21.7. The fourth-order valence-corrected chi connectivity index (χ4v) is 2.03. The van der Waals surface area contributed by atoms with Crippen LogP contribution in [-0.4, -0.2) is 49.2 Å². The predicted octanol–water partition coefficient (Wildman–Crippen LogP) is 0.458. The van der Waals surface area contributed by atoms with Crippen molar-refractivity contribution in [2.75, 3.05) is 38.0 Å². The molecular weight excluding hydrogens is 192 g/mol. The highest BCUT2D eigenvalue weighted by atomic mass is 16.5. The molecule has 0 bridgehead atoms. The van der Waals surface area contributed by atoms with Crippen LogP contribution in [0, 0.1) is 0 Å². The van der Waals surface area contributed by atoms with Gasteiger partial charge in [0, 0.05) is 25.5 Å². The molecule has 2 aliphatic rings. The molecule has 0 unspecified atom stereocenters. The Morgan fingerprint density at radius 3 is 3.07 bits per heavy atom. The van der Waals surface area contributed by atoms with Crippen molar-refractivity contribution >= 4 is 11.9 Å². The van der Waals surface area contributed by atoms with E-state index in [2.05, 4.69) is 26.1 Å². The molecule has 0 atom stereocenters. The lowest BCUT2D eigenvalue weighted by molar-refractivity contribution is 0.0318. The minimum Gasteiger partial charge on any atom is -0.379 e. The highest BCUT2D eigenvalue weighted by molar-refractivity contribution is 5.87. The second-order valence-electron chi connectivity index (χ2n) is 3.70. The van der Waals surface area contributed by atoms with Crippen LogP contribution in [0.3, 0.4) is 0 Å². The van der Waals surface area contributed by atoms with Crippen molar-refractivity contribution in [3.05, 3.63) is 18.0 Å². The third-order valence-corrected chi connectivity index (χ3v) is 2.80. The van der Waals surface area contributed by atoms with Crippen LogP contribution in [0.5, 0.6) is 0 Å². The van der Waals surface area contributed by atoms with Crippen LogP contribution in [0.4, 0.5) is 5.69 Å². The van der Waals surface area contributed by atoms with E-state index in [-0.39, 0.29) is 0 Å². The number of ether oxygens (including phenoxy) is 1. The quantitative estimate of drug-likeness (QED) is 0.726. The van der Waals surface area contributed by atoms with Gasteiger partial charge in [-0.25, -0.2) is 5.01 Å². The number of aromatic amines is 1. The fourth-order valence-electron chi connectivity index (χ4n) is 2.03. The summed E-state index contributed by atoms with van der Waals surface area (Å²) in [7, 11) is 0. The number of morpholine rings is 1. The molecule has 2 aliphatic heterocycles. The molecule has 15 heavy (non-hydrogen) atoms. The van der Waals surface area contributed by atoms with E-state index in [4.69, 9.17) is 4.74 Å². The molecule has 0 spiro atoms. The number of hydrogen-bond donors (Lipinski definition) is 1. The standard InChI is InChI=1S/C10H14N4O/c1-2-12-9-7-11-8-14(10(1)9)13-3-5-15-6-4-13/h1-2,7,12H,3-6,8H2. The summed E-state index contributed by atoms with van der Waals surface area (Å²) in [6.07, 6.45) is 3.85. The van der Waals surface area contributed by atoms with E-state index >= 15 is 0 Å². The largest absolute Gasteiger partial charge is 0.379 e. The molecule has 0 aromatic carbocycles. The SMILES string of the molecule is C1=NCN(N2CCOCC2)c2cc[nH]c21. The van der Waals surface area contributed by atoms with Gasteiger partial charge in [-0.3, -0.25) is 10.0 Å². The number of nitrogens with one attached hydrogen (secondary N) is 1. The lowest BCUT2D eigenvalue weighted by atomic mass is 10.3. The minimum atomic E-state index is 0.713. The van der Waals surface area contributed by atoms with Gasteiger partial charge in [-0.15, -0.1) is 0 Å². The maximum Gasteiger partial charge on any atom is 0.125 e. The maximum atomic E-state index is 5.35. The second kappa shape index (κ2) is 3.67. The average Bonchev–Trinajstić information content (AvgIpc) is 2.78. The summed E-state index contributed by atoms with van der Waals surface area (Å²) in [4.78, 5) is 7.51. The first-order valence-electron chi connectivity index (χ1n) is 5.22. The van der Waals surface area contributed by atoms with E-state index in [1.165, 1.54) is 5.69 Å². The molecule has 0 aliphatic carbocycles. The highest BCUT2D eigenvalue weighted by Crippen LogP contribution is 2.23. The molecule has 5 heteroatoms. The topological polar surface area (TPSA) is 43.9 Å². The smallest absolute Gasteiger partial charge is 0.125 e. The third kappa shape index (κ3) is 1.53. The number of aromatic nitrogens is 1. The Kier molecular flexibility index (Phi) is 2.19. The number of aliphatic imine (C=N–C) groups is 1. The summed E-state index contributed by atoms with van der Waals surface area (Å²) in [5.74, 6) is 0. The Balaban J connectivity index is 1.85. The number of nitrogens with zero attached hydrogens (tertiary/aromatic N) is 3. The van der Waals surface area contributed by atoms with Crippen molar-refractivity contribution < 1.29 is 4.74 Å². The van der Waals surface area contributed by atoms with Crippen LogP contribution >= 0.6 is 0 Å². The predicted molar refractivity (Wildman–Crippen MR) is 58.1 cm³/mol. The van der Waals surface area contributed by atoms with Gasteiger partial charge >= 0.3 is 0 Å². The van der Waals surface area contributed by atoms with Gasteiger partial charge in [-0.05, 0) is 6.07 Å². The molecule has 1 N–H and O–H groups in total. The molecule has 1 saturated heterocycles. The van der Waals surface area contributed by atoms with E-state index in [0.717, 1.165) is 32.0 Å². The molecule has 3 heterocycles. The molecular formula is C10H14N4O. The monoisotopic (exact) mass is 206 g/mol. The first-order chi connectivity index (χ1) is 7.45. The summed E-state index contributed by atoms with van der Waals surface area (Å²) in [5.41, 5.74) is 2.31. The second-order valence-corrected chi connectivity index (χ2v) is 3.70. The van der Waals surface area contributed by atoms with Crippen LogP contribution in [0.1, 0.15) is 5.69 Å². The van der Waals surface area contributed by atoms with E-state index in [9.17, 15) is 0 Å². The summed E-state index contributed by atoms with van der Waals surface area (Å²) in [6, 6.07) is 2.09. The molecule has 0 radical (unpaired) electrons. The van der Waals surface area contributed by atoms with Gasteiger partial charge in [0.25, 0.3) is 0 Å². The Morgan fingerprint density at radius 1 is 1.33 bits per heavy atom. The van der Waals surface area contributed by atoms with E-state index in [1.54, 1.807) is 0 Å². The number of rotatable bonds is 1. The van der Waals surface area contributed by atoms with Crippen LogP contribution in [-0.2, 0) is 4.74 Å². The van der Waals surface area contributed by atoms with Gasteiger partial charge in [0.2, 0.25) is 0 Å². The zero-order valence-corrected chi connectivity index (χ0v) is 8.52. The van der Waals surface area contributed by atoms with Gasteiger partial charge in [-0.1, -0.05) is 0 Å². The number of hydrogen-bond acceptors (Lipinski definition) is 4. The maximum absolute atomic E-state index is 5.35. The van der Waals surface area contributed by atoms with Gasteiger partial charge in [0.05, 0.1) is 24.6 Å². The van der Waals surface area contributed by atoms with Gasteiger partial charge in [-0.2, -0.15) is 0 Å². The first kappa shape index (κ1) is 8.94. The minimum absolute atomic E-state index is 0.713. The van der Waals surface area contributed by atoms with Crippen molar-refractivity contribution in [1.29, 1.82) is 0 Å². The van der Waals surface area contributed by atoms with Crippen LogP contribution in [0.15, 0.2) is 17.3 Å². The summed E-state index contributed by atoms with van der Waals surface area (Å²) >= 11 is 0. The zero-order valence-electron chi connectivity index (χ0n) is 8.52. The number of hydrazine groups is 1. The van der Waals surface area contributed by atoms with E-state index in [1.807, 2.05) is 12.4 Å². The number of H-pyrrole nitrogens is 1. The lowest BCUT2D eigenvalue weighted by Crippen LogP contribution is -2.50. The molecule has 80 valence electrons. The van der Waals surface area contributed by atoms with Gasteiger partial charge in [0.15, 0.2) is 0 Å². The molecule has 3 rings (SSSR count). The molecule has 0 amide bonds. The van der Waals surface area contributed by atoms with Crippen molar-refractivity contribution in [1.82, 2.24) is 9.99 Å². The average molecular weight is 206 g/mol. The molecule has 1 fully saturated rings. The Hall–Kier alpha value is -1.33. The number of anilines is 1. The van der Waals surface area contributed by atoms with E-state index in [0.29, 0.717) is 6.67 Å². The molecule has 5 nitrogen and oxygen atoms in total. The zero-order chi connectivity index (χ0) is 10.1. The highest BCUT2D eigenvalue weighted by Gasteiger charge is 2.22. The number of fused-ring (bicyclic) bond motifs is 1. The Bertz CT molecular complexity index is 367. The first-order valence-corrected chi connectivity index (χ1v) is 5.22. The molecule has 0 saturated carbocycles. The van der Waals surface area contributed by atoms with Gasteiger partial charge < -0.3 is 9.72 Å². The van der Waals surface area contributed by atoms with Crippen LogP contribution in [0.2, 0.25) is 0 Å².